The fourth-order valence-corrected chi connectivity index (χ4v) is 4.14. The monoisotopic (exact) mass is 450 g/mol. The smallest absolute Gasteiger partial charge is 0.267 e. The van der Waals surface area contributed by atoms with E-state index in [1.165, 1.54) is 10.7 Å². The lowest BCUT2D eigenvalue weighted by Crippen LogP contribution is -2.50. The fourth-order valence-electron chi connectivity index (χ4n) is 3.73. The molecular formula is C24H26N4O3S. The van der Waals surface area contributed by atoms with Gasteiger partial charge in [-0.15, -0.1) is 11.8 Å². The summed E-state index contributed by atoms with van der Waals surface area (Å²) in [5.74, 6) is 0.717. The molecule has 0 unspecified atom stereocenters. The van der Waals surface area contributed by atoms with Crippen molar-refractivity contribution in [1.29, 1.82) is 0 Å². The van der Waals surface area contributed by atoms with E-state index in [1.807, 2.05) is 54.8 Å². The first-order valence-electron chi connectivity index (χ1n) is 10.5. The van der Waals surface area contributed by atoms with Crippen molar-refractivity contribution >= 4 is 23.4 Å². The Morgan fingerprint density at radius 1 is 1.03 bits per heavy atom. The maximum Gasteiger partial charge on any atom is 0.267 e. The molecule has 0 radical (unpaired) electrons. The van der Waals surface area contributed by atoms with Crippen molar-refractivity contribution < 1.29 is 9.53 Å². The van der Waals surface area contributed by atoms with Gasteiger partial charge in [0.1, 0.15) is 12.3 Å². The third kappa shape index (κ3) is 4.96. The molecule has 32 heavy (non-hydrogen) atoms. The average molecular weight is 451 g/mol. The Hall–Kier alpha value is -3.26. The zero-order chi connectivity index (χ0) is 22.5. The molecular weight excluding hydrogens is 424 g/mol. The number of anilines is 1. The number of hydrogen-bond donors (Lipinski definition) is 0. The van der Waals surface area contributed by atoms with Gasteiger partial charge in [-0.25, -0.2) is 4.68 Å². The minimum absolute atomic E-state index is 0.0608. The third-order valence-corrected chi connectivity index (χ3v) is 6.33. The molecule has 3 aromatic rings. The van der Waals surface area contributed by atoms with Crippen LogP contribution in [-0.2, 0) is 11.3 Å². The van der Waals surface area contributed by atoms with Gasteiger partial charge >= 0.3 is 0 Å². The number of carbonyl (C=O) groups excluding carboxylic acids is 1. The Bertz CT molecular complexity index is 1140. The lowest BCUT2D eigenvalue weighted by Gasteiger charge is -2.36. The van der Waals surface area contributed by atoms with E-state index in [4.69, 9.17) is 4.74 Å². The molecule has 0 spiro atoms. The van der Waals surface area contributed by atoms with Gasteiger partial charge in [-0.3, -0.25) is 9.59 Å². The molecule has 4 rings (SSSR count). The number of aromatic nitrogens is 2. The van der Waals surface area contributed by atoms with E-state index in [0.29, 0.717) is 18.8 Å². The summed E-state index contributed by atoms with van der Waals surface area (Å²) < 4.78 is 6.56. The molecule has 1 aliphatic rings. The summed E-state index contributed by atoms with van der Waals surface area (Å²) in [4.78, 5) is 30.4. The zero-order valence-corrected chi connectivity index (χ0v) is 19.0. The van der Waals surface area contributed by atoms with Gasteiger partial charge < -0.3 is 14.5 Å². The molecule has 1 saturated heterocycles. The minimum Gasteiger partial charge on any atom is -0.497 e. The summed E-state index contributed by atoms with van der Waals surface area (Å²) in [6.45, 7) is 2.59. The number of methoxy groups -OCH3 is 1. The van der Waals surface area contributed by atoms with Crippen LogP contribution >= 0.6 is 11.8 Å². The van der Waals surface area contributed by atoms with Crippen LogP contribution < -0.4 is 15.2 Å². The van der Waals surface area contributed by atoms with Crippen LogP contribution in [0.3, 0.4) is 0 Å². The normalized spacial score (nSPS) is 13.8. The van der Waals surface area contributed by atoms with Crippen molar-refractivity contribution in [2.75, 3.05) is 44.4 Å². The predicted octanol–water partition coefficient (Wildman–Crippen LogP) is 2.99. The van der Waals surface area contributed by atoms with Crippen molar-refractivity contribution in [3.63, 3.8) is 0 Å². The Morgan fingerprint density at radius 2 is 1.78 bits per heavy atom. The third-order valence-electron chi connectivity index (χ3n) is 5.59. The van der Waals surface area contributed by atoms with E-state index in [2.05, 4.69) is 10.00 Å². The number of piperazine rings is 1. The Labute approximate surface area is 191 Å². The second kappa shape index (κ2) is 9.91. The molecule has 1 aliphatic heterocycles. The molecule has 1 amide bonds. The van der Waals surface area contributed by atoms with E-state index >= 15 is 0 Å². The van der Waals surface area contributed by atoms with Crippen LogP contribution in [0.25, 0.3) is 11.3 Å². The van der Waals surface area contributed by atoms with Crippen molar-refractivity contribution in [3.8, 4) is 17.0 Å². The van der Waals surface area contributed by atoms with Crippen LogP contribution in [-0.4, -0.2) is 60.1 Å². The molecule has 0 bridgehead atoms. The van der Waals surface area contributed by atoms with Gasteiger partial charge in [0.25, 0.3) is 5.56 Å². The fraction of sp³-hybridized carbons (Fsp3) is 0.292. The second-order valence-corrected chi connectivity index (χ2v) is 8.39. The quantitative estimate of drug-likeness (QED) is 0.538. The van der Waals surface area contributed by atoms with Crippen molar-refractivity contribution in [2.24, 2.45) is 0 Å². The van der Waals surface area contributed by atoms with Gasteiger partial charge in [0, 0.05) is 54.5 Å². The maximum absolute atomic E-state index is 12.9. The molecule has 0 N–H and O–H groups in total. The maximum atomic E-state index is 12.9. The molecule has 8 heteroatoms. The van der Waals surface area contributed by atoms with E-state index < -0.39 is 0 Å². The van der Waals surface area contributed by atoms with Crippen molar-refractivity contribution in [1.82, 2.24) is 14.7 Å². The van der Waals surface area contributed by atoms with Crippen molar-refractivity contribution in [2.45, 2.75) is 11.4 Å². The summed E-state index contributed by atoms with van der Waals surface area (Å²) in [5, 5.41) is 4.44. The highest BCUT2D eigenvalue weighted by atomic mass is 32.2. The molecule has 0 saturated carbocycles. The topological polar surface area (TPSA) is 67.7 Å². The van der Waals surface area contributed by atoms with Crippen LogP contribution in [0.15, 0.2) is 70.4 Å². The molecule has 1 aromatic heterocycles. The molecule has 166 valence electrons. The molecule has 2 heterocycles. The molecule has 0 atom stereocenters. The zero-order valence-electron chi connectivity index (χ0n) is 18.2. The van der Waals surface area contributed by atoms with Gasteiger partial charge in [-0.1, -0.05) is 18.2 Å². The number of amides is 1. The van der Waals surface area contributed by atoms with Crippen LogP contribution in [0.1, 0.15) is 0 Å². The molecule has 0 aliphatic carbocycles. The number of nitrogens with zero attached hydrogens (tertiary/aromatic N) is 4. The number of hydrogen-bond acceptors (Lipinski definition) is 6. The Morgan fingerprint density at radius 3 is 2.47 bits per heavy atom. The Kier molecular flexibility index (Phi) is 6.80. The lowest BCUT2D eigenvalue weighted by molar-refractivity contribution is -0.132. The summed E-state index contributed by atoms with van der Waals surface area (Å²) >= 11 is 1.67. The minimum atomic E-state index is -0.280. The SMILES string of the molecule is COc1cccc(N2CCN(C(=O)Cn3nc(-c4ccc(SC)cc4)ccc3=O)CC2)c1. The summed E-state index contributed by atoms with van der Waals surface area (Å²) in [5.41, 5.74) is 2.39. The summed E-state index contributed by atoms with van der Waals surface area (Å²) in [6.07, 6.45) is 2.02. The molecule has 7 nitrogen and oxygen atoms in total. The van der Waals surface area contributed by atoms with Crippen LogP contribution in [0.2, 0.25) is 0 Å². The van der Waals surface area contributed by atoms with Gasteiger partial charge in [-0.2, -0.15) is 5.10 Å². The molecule has 2 aromatic carbocycles. The highest BCUT2D eigenvalue weighted by Crippen LogP contribution is 2.23. The van der Waals surface area contributed by atoms with E-state index in [1.54, 1.807) is 29.8 Å². The lowest BCUT2D eigenvalue weighted by atomic mass is 10.1. The van der Waals surface area contributed by atoms with Gasteiger partial charge in [-0.05, 0) is 36.6 Å². The summed E-state index contributed by atoms with van der Waals surface area (Å²) in [7, 11) is 1.65. The predicted molar refractivity (Wildman–Crippen MR) is 128 cm³/mol. The van der Waals surface area contributed by atoms with E-state index in [9.17, 15) is 9.59 Å². The van der Waals surface area contributed by atoms with Crippen LogP contribution in [0.4, 0.5) is 5.69 Å². The first-order valence-corrected chi connectivity index (χ1v) is 11.7. The number of rotatable bonds is 6. The average Bonchev–Trinajstić information content (AvgIpc) is 2.85. The van der Waals surface area contributed by atoms with Gasteiger partial charge in [0.2, 0.25) is 5.91 Å². The highest BCUT2D eigenvalue weighted by Gasteiger charge is 2.22. The second-order valence-electron chi connectivity index (χ2n) is 7.51. The molecule has 1 fully saturated rings. The summed E-state index contributed by atoms with van der Waals surface area (Å²) in [6, 6.07) is 19.1. The number of benzene rings is 2. The first-order chi connectivity index (χ1) is 15.6. The van der Waals surface area contributed by atoms with E-state index in [-0.39, 0.29) is 18.0 Å². The largest absolute Gasteiger partial charge is 0.497 e. The van der Waals surface area contributed by atoms with E-state index in [0.717, 1.165) is 35.0 Å². The van der Waals surface area contributed by atoms with Gasteiger partial charge in [0.15, 0.2) is 0 Å². The van der Waals surface area contributed by atoms with Crippen molar-refractivity contribution in [3.05, 3.63) is 71.0 Å². The highest BCUT2D eigenvalue weighted by molar-refractivity contribution is 7.98. The number of ether oxygens (including phenoxy) is 1. The van der Waals surface area contributed by atoms with Crippen LogP contribution in [0.5, 0.6) is 5.75 Å². The first kappa shape index (κ1) is 22.0. The standard InChI is InChI=1S/C24H26N4O3S/c1-31-20-5-3-4-19(16-20)26-12-14-27(15-13-26)24(30)17-28-23(29)11-10-22(25-28)18-6-8-21(32-2)9-7-18/h3-11,16H,12-15,17H2,1-2H3. The Balaban J connectivity index is 1.41. The van der Waals surface area contributed by atoms with Crippen LogP contribution in [0, 0.1) is 0 Å². The van der Waals surface area contributed by atoms with Gasteiger partial charge in [0.05, 0.1) is 12.8 Å². The number of carbonyl (C=O) groups is 1. The number of thioether (sulfide) groups is 1.